The first-order chi connectivity index (χ1) is 5.95. The highest BCUT2D eigenvalue weighted by Crippen LogP contribution is 2.08. The van der Waals surface area contributed by atoms with Gasteiger partial charge in [0, 0.05) is 5.57 Å². The molecule has 1 aliphatic carbocycles. The molecule has 0 aromatic carbocycles. The van der Waals surface area contributed by atoms with Crippen LogP contribution < -0.4 is 0 Å². The predicted molar refractivity (Wildman–Crippen MR) is 48.5 cm³/mol. The Morgan fingerprint density at radius 3 is 3.00 bits per heavy atom. The first-order valence-corrected chi connectivity index (χ1v) is 3.80. The van der Waals surface area contributed by atoms with Gasteiger partial charge in [0.2, 0.25) is 0 Å². The molecule has 0 atom stereocenters. The van der Waals surface area contributed by atoms with Gasteiger partial charge in [-0.3, -0.25) is 0 Å². The second kappa shape index (κ2) is 3.12. The van der Waals surface area contributed by atoms with Gasteiger partial charge >= 0.3 is 0 Å². The molecule has 0 saturated heterocycles. The van der Waals surface area contributed by atoms with E-state index in [1.54, 1.807) is 6.26 Å². The molecule has 0 radical (unpaired) electrons. The van der Waals surface area contributed by atoms with Crippen molar-refractivity contribution in [2.75, 3.05) is 0 Å². The van der Waals surface area contributed by atoms with Gasteiger partial charge in [0.1, 0.15) is 5.76 Å². The molecule has 0 aliphatic heterocycles. The van der Waals surface area contributed by atoms with Crippen LogP contribution in [-0.2, 0) is 0 Å². The Bertz CT molecular complexity index is 371. The van der Waals surface area contributed by atoms with Crippen LogP contribution >= 0.6 is 0 Å². The molecule has 0 amide bonds. The van der Waals surface area contributed by atoms with Crippen molar-refractivity contribution in [1.29, 1.82) is 0 Å². The third kappa shape index (κ3) is 1.47. The minimum Gasteiger partial charge on any atom is -0.465 e. The summed E-state index contributed by atoms with van der Waals surface area (Å²) in [4.78, 5) is 0. The van der Waals surface area contributed by atoms with Crippen molar-refractivity contribution in [3.63, 3.8) is 0 Å². The molecule has 2 rings (SSSR count). The Morgan fingerprint density at radius 1 is 1.33 bits per heavy atom. The van der Waals surface area contributed by atoms with Crippen LogP contribution in [0.1, 0.15) is 5.76 Å². The highest BCUT2D eigenvalue weighted by Gasteiger charge is 1.89. The van der Waals surface area contributed by atoms with Gasteiger partial charge in [0.15, 0.2) is 0 Å². The average molecular weight is 156 g/mol. The lowest BCUT2D eigenvalue weighted by Crippen LogP contribution is -1.64. The molecule has 1 aliphatic rings. The monoisotopic (exact) mass is 156 g/mol. The zero-order valence-corrected chi connectivity index (χ0v) is 6.53. The van der Waals surface area contributed by atoms with Gasteiger partial charge in [-0.1, -0.05) is 6.08 Å². The maximum atomic E-state index is 5.13. The van der Waals surface area contributed by atoms with Gasteiger partial charge in [-0.25, -0.2) is 0 Å². The topological polar surface area (TPSA) is 13.1 Å². The minimum absolute atomic E-state index is 0.865. The van der Waals surface area contributed by atoms with Gasteiger partial charge in [0.25, 0.3) is 0 Å². The van der Waals surface area contributed by atoms with Crippen molar-refractivity contribution in [2.24, 2.45) is 0 Å². The van der Waals surface area contributed by atoms with E-state index in [4.69, 9.17) is 4.42 Å². The van der Waals surface area contributed by atoms with Gasteiger partial charge < -0.3 is 4.42 Å². The number of hydrogen-bond donors (Lipinski definition) is 0. The number of furan rings is 1. The normalized spacial score (nSPS) is 14.5. The van der Waals surface area contributed by atoms with Gasteiger partial charge in [-0.05, 0) is 36.4 Å². The maximum absolute atomic E-state index is 5.13. The van der Waals surface area contributed by atoms with E-state index in [-0.39, 0.29) is 0 Å². The summed E-state index contributed by atoms with van der Waals surface area (Å²) in [7, 11) is 0. The zero-order valence-electron chi connectivity index (χ0n) is 6.53. The summed E-state index contributed by atoms with van der Waals surface area (Å²) in [5.74, 6) is 0.865. The summed E-state index contributed by atoms with van der Waals surface area (Å²) in [6.07, 6.45) is 11.4. The molecule has 0 unspecified atom stereocenters. The minimum atomic E-state index is 0.865. The van der Waals surface area contributed by atoms with Crippen LogP contribution in [0.5, 0.6) is 0 Å². The van der Waals surface area contributed by atoms with Crippen LogP contribution in [-0.4, -0.2) is 0 Å². The Labute approximate surface area is 71.0 Å². The van der Waals surface area contributed by atoms with Gasteiger partial charge in [0.05, 0.1) is 6.26 Å². The second-order valence-electron chi connectivity index (χ2n) is 2.47. The molecule has 0 saturated carbocycles. The molecule has 1 nitrogen and oxygen atoms in total. The maximum Gasteiger partial charge on any atom is 0.126 e. The van der Waals surface area contributed by atoms with E-state index in [1.807, 2.05) is 42.5 Å². The molecule has 1 aromatic heterocycles. The van der Waals surface area contributed by atoms with Crippen LogP contribution in [0.15, 0.2) is 58.4 Å². The smallest absolute Gasteiger partial charge is 0.126 e. The molecule has 1 heterocycles. The molecular weight excluding hydrogens is 148 g/mol. The van der Waals surface area contributed by atoms with E-state index in [0.717, 1.165) is 11.3 Å². The van der Waals surface area contributed by atoms with E-state index < -0.39 is 0 Å². The Balaban J connectivity index is 2.13. The molecule has 0 N–H and O–H groups in total. The van der Waals surface area contributed by atoms with Crippen LogP contribution in [0.25, 0.3) is 6.08 Å². The van der Waals surface area contributed by atoms with Crippen LogP contribution in [0.2, 0.25) is 0 Å². The van der Waals surface area contributed by atoms with Crippen molar-refractivity contribution in [1.82, 2.24) is 0 Å². The molecule has 0 fully saturated rings. The van der Waals surface area contributed by atoms with Crippen LogP contribution in [0, 0.1) is 0 Å². The van der Waals surface area contributed by atoms with E-state index in [2.05, 4.69) is 5.73 Å². The first-order valence-electron chi connectivity index (χ1n) is 3.80. The van der Waals surface area contributed by atoms with Crippen LogP contribution in [0.3, 0.4) is 0 Å². The number of rotatable bonds is 2. The van der Waals surface area contributed by atoms with Crippen molar-refractivity contribution in [2.45, 2.75) is 0 Å². The fourth-order valence-electron chi connectivity index (χ4n) is 1.01. The summed E-state index contributed by atoms with van der Waals surface area (Å²) < 4.78 is 5.13. The summed E-state index contributed by atoms with van der Waals surface area (Å²) >= 11 is 0. The first kappa shape index (κ1) is 6.96. The van der Waals surface area contributed by atoms with Crippen molar-refractivity contribution in [3.05, 3.63) is 59.8 Å². The van der Waals surface area contributed by atoms with E-state index in [0.29, 0.717) is 0 Å². The summed E-state index contributed by atoms with van der Waals surface area (Å²) in [6, 6.07) is 3.79. The quantitative estimate of drug-likeness (QED) is 0.600. The molecule has 1 aromatic rings. The standard InChI is InChI=1S/C11H8O/c1-2-5-10(4-1)7-8-11-6-3-9-12-11/h1-4,6-9H/b8-7+. The van der Waals surface area contributed by atoms with Gasteiger partial charge in [-0.2, -0.15) is 0 Å². The van der Waals surface area contributed by atoms with E-state index in [9.17, 15) is 0 Å². The summed E-state index contributed by atoms with van der Waals surface area (Å²) in [6.45, 7) is 0. The lowest BCUT2D eigenvalue weighted by atomic mass is 10.2. The Kier molecular flexibility index (Phi) is 1.81. The Hall–Kier alpha value is -1.72. The molecule has 1 heteroatoms. The molecule has 0 spiro atoms. The zero-order chi connectivity index (χ0) is 8.23. The Morgan fingerprint density at radius 2 is 2.33 bits per heavy atom. The SMILES string of the molecule is C1=CC=CC=1/C=C/c1ccco1. The fraction of sp³-hybridized carbons (Fsp3) is 0. The predicted octanol–water partition coefficient (Wildman–Crippen LogP) is 2.94. The highest BCUT2D eigenvalue weighted by molar-refractivity contribution is 5.51. The largest absolute Gasteiger partial charge is 0.465 e. The second-order valence-corrected chi connectivity index (χ2v) is 2.47. The average Bonchev–Trinajstić information content (AvgIpc) is 2.74. The molecule has 12 heavy (non-hydrogen) atoms. The molecule has 58 valence electrons. The molecule has 0 bridgehead atoms. The summed E-state index contributed by atoms with van der Waals surface area (Å²) in [5, 5.41) is 0. The lowest BCUT2D eigenvalue weighted by Gasteiger charge is -1.83. The van der Waals surface area contributed by atoms with Crippen LogP contribution in [0.4, 0.5) is 0 Å². The third-order valence-corrected chi connectivity index (χ3v) is 1.59. The lowest BCUT2D eigenvalue weighted by molar-refractivity contribution is 0.557. The summed E-state index contributed by atoms with van der Waals surface area (Å²) in [5.41, 5.74) is 4.15. The molecular formula is C11H8O. The van der Waals surface area contributed by atoms with E-state index in [1.165, 1.54) is 0 Å². The number of hydrogen-bond acceptors (Lipinski definition) is 1. The number of allylic oxidation sites excluding steroid dienone is 4. The van der Waals surface area contributed by atoms with Crippen molar-refractivity contribution in [3.8, 4) is 0 Å². The van der Waals surface area contributed by atoms with Crippen molar-refractivity contribution >= 4 is 6.08 Å². The third-order valence-electron chi connectivity index (χ3n) is 1.59. The highest BCUT2D eigenvalue weighted by atomic mass is 16.3. The van der Waals surface area contributed by atoms with Crippen molar-refractivity contribution < 1.29 is 4.42 Å². The van der Waals surface area contributed by atoms with E-state index >= 15 is 0 Å². The van der Waals surface area contributed by atoms with Gasteiger partial charge in [-0.15, -0.1) is 5.73 Å². The fourth-order valence-corrected chi connectivity index (χ4v) is 1.01.